The van der Waals surface area contributed by atoms with Crippen molar-refractivity contribution in [3.05, 3.63) is 38.0 Å². The van der Waals surface area contributed by atoms with E-state index >= 15 is 0 Å². The third-order valence-electron chi connectivity index (χ3n) is 2.47. The van der Waals surface area contributed by atoms with E-state index in [-0.39, 0.29) is 5.56 Å². The predicted molar refractivity (Wildman–Crippen MR) is 65.9 cm³/mol. The van der Waals surface area contributed by atoms with Crippen molar-refractivity contribution in [1.82, 2.24) is 20.2 Å². The van der Waals surface area contributed by atoms with E-state index in [1.807, 2.05) is 6.26 Å². The van der Waals surface area contributed by atoms with Gasteiger partial charge in [0.25, 0.3) is 10.8 Å². The van der Waals surface area contributed by atoms with Crippen LogP contribution in [0.15, 0.2) is 19.2 Å². The molecule has 2 aromatic rings. The topological polar surface area (TPSA) is 105 Å². The molecule has 0 spiro atoms. The Morgan fingerprint density at radius 3 is 2.61 bits per heavy atom. The number of aryl methyl sites for hydroxylation is 2. The summed E-state index contributed by atoms with van der Waals surface area (Å²) in [6.07, 6.45) is 2.74. The summed E-state index contributed by atoms with van der Waals surface area (Å²) < 4.78 is 5.31. The first-order valence-corrected chi connectivity index (χ1v) is 6.51. The SMILES string of the molecule is CSc1nnc(CCc2c(C)[nH]c(=O)[nH]c2=O)o1. The van der Waals surface area contributed by atoms with Crippen LogP contribution in [0.2, 0.25) is 0 Å². The van der Waals surface area contributed by atoms with Crippen molar-refractivity contribution in [2.45, 2.75) is 25.0 Å². The van der Waals surface area contributed by atoms with Crippen molar-refractivity contribution >= 4 is 11.8 Å². The van der Waals surface area contributed by atoms with Crippen molar-refractivity contribution in [2.24, 2.45) is 0 Å². The minimum absolute atomic E-state index is 0.374. The summed E-state index contributed by atoms with van der Waals surface area (Å²) in [7, 11) is 0. The molecule has 0 amide bonds. The normalized spacial score (nSPS) is 10.8. The molecular formula is C10H12N4O3S. The molecule has 0 radical (unpaired) electrons. The number of H-pyrrole nitrogens is 2. The summed E-state index contributed by atoms with van der Waals surface area (Å²) in [6.45, 7) is 1.69. The molecule has 0 bridgehead atoms. The molecule has 8 heteroatoms. The number of aromatic amines is 2. The maximum Gasteiger partial charge on any atom is 0.325 e. The minimum Gasteiger partial charge on any atom is -0.416 e. The van der Waals surface area contributed by atoms with E-state index in [1.54, 1.807) is 6.92 Å². The molecule has 0 aliphatic carbocycles. The zero-order valence-electron chi connectivity index (χ0n) is 9.94. The number of thioether (sulfide) groups is 1. The van der Waals surface area contributed by atoms with Crippen molar-refractivity contribution in [3.63, 3.8) is 0 Å². The van der Waals surface area contributed by atoms with E-state index in [0.717, 1.165) is 0 Å². The van der Waals surface area contributed by atoms with Gasteiger partial charge >= 0.3 is 5.69 Å². The Hall–Kier alpha value is -1.83. The molecule has 0 atom stereocenters. The molecule has 0 aromatic carbocycles. The molecule has 0 fully saturated rings. The molecule has 18 heavy (non-hydrogen) atoms. The second kappa shape index (κ2) is 5.21. The Bertz CT molecular complexity index is 658. The summed E-state index contributed by atoms with van der Waals surface area (Å²) in [4.78, 5) is 27.4. The third kappa shape index (κ3) is 2.70. The fraction of sp³-hybridized carbons (Fsp3) is 0.400. The van der Waals surface area contributed by atoms with Crippen LogP contribution in [0.25, 0.3) is 0 Å². The van der Waals surface area contributed by atoms with Gasteiger partial charge in [-0.3, -0.25) is 9.78 Å². The van der Waals surface area contributed by atoms with Gasteiger partial charge in [0.1, 0.15) is 0 Å². The highest BCUT2D eigenvalue weighted by molar-refractivity contribution is 7.98. The molecule has 7 nitrogen and oxygen atoms in total. The smallest absolute Gasteiger partial charge is 0.325 e. The Kier molecular flexibility index (Phi) is 3.66. The van der Waals surface area contributed by atoms with E-state index in [0.29, 0.717) is 35.2 Å². The first kappa shape index (κ1) is 12.6. The van der Waals surface area contributed by atoms with E-state index in [2.05, 4.69) is 20.2 Å². The molecule has 0 aliphatic rings. The summed E-state index contributed by atoms with van der Waals surface area (Å²) in [5, 5.41) is 8.16. The van der Waals surface area contributed by atoms with E-state index in [4.69, 9.17) is 4.42 Å². The molecule has 2 N–H and O–H groups in total. The van der Waals surface area contributed by atoms with Gasteiger partial charge in [0.2, 0.25) is 5.89 Å². The first-order chi connectivity index (χ1) is 8.60. The van der Waals surface area contributed by atoms with Gasteiger partial charge in [0.15, 0.2) is 0 Å². The molecule has 0 aliphatic heterocycles. The van der Waals surface area contributed by atoms with Crippen LogP contribution in [-0.2, 0) is 12.8 Å². The number of hydrogen-bond acceptors (Lipinski definition) is 6. The average molecular weight is 268 g/mol. The summed E-state index contributed by atoms with van der Waals surface area (Å²) in [6, 6.07) is 0. The number of hydrogen-bond donors (Lipinski definition) is 2. The van der Waals surface area contributed by atoms with Gasteiger partial charge in [0, 0.05) is 17.7 Å². The van der Waals surface area contributed by atoms with Crippen LogP contribution in [0, 0.1) is 6.92 Å². The minimum atomic E-state index is -0.497. The number of rotatable bonds is 4. The highest BCUT2D eigenvalue weighted by Gasteiger charge is 2.09. The van der Waals surface area contributed by atoms with Gasteiger partial charge in [-0.2, -0.15) is 0 Å². The standard InChI is InChI=1S/C10H12N4O3S/c1-5-6(8(15)12-9(16)11-5)3-4-7-13-14-10(17-7)18-2/h3-4H2,1-2H3,(H2,11,12,15,16). The van der Waals surface area contributed by atoms with E-state index < -0.39 is 5.69 Å². The van der Waals surface area contributed by atoms with Crippen molar-refractivity contribution in [1.29, 1.82) is 0 Å². The summed E-state index contributed by atoms with van der Waals surface area (Å²) in [5.41, 5.74) is 0.219. The number of nitrogens with one attached hydrogen (secondary N) is 2. The first-order valence-electron chi connectivity index (χ1n) is 5.28. The Labute approximate surface area is 106 Å². The summed E-state index contributed by atoms with van der Waals surface area (Å²) >= 11 is 1.36. The molecule has 2 rings (SSSR count). The largest absolute Gasteiger partial charge is 0.416 e. The fourth-order valence-corrected chi connectivity index (χ4v) is 1.88. The maximum absolute atomic E-state index is 11.6. The lowest BCUT2D eigenvalue weighted by Gasteiger charge is -2.01. The highest BCUT2D eigenvalue weighted by Crippen LogP contribution is 2.13. The van der Waals surface area contributed by atoms with Crippen LogP contribution in [0.3, 0.4) is 0 Å². The Morgan fingerprint density at radius 1 is 1.22 bits per heavy atom. The van der Waals surface area contributed by atoms with Crippen LogP contribution in [0.1, 0.15) is 17.1 Å². The zero-order valence-corrected chi connectivity index (χ0v) is 10.8. The van der Waals surface area contributed by atoms with Gasteiger partial charge < -0.3 is 9.40 Å². The Balaban J connectivity index is 2.15. The highest BCUT2D eigenvalue weighted by atomic mass is 32.2. The lowest BCUT2D eigenvalue weighted by Crippen LogP contribution is -2.27. The second-order valence-electron chi connectivity index (χ2n) is 3.68. The second-order valence-corrected chi connectivity index (χ2v) is 4.44. The van der Waals surface area contributed by atoms with Gasteiger partial charge in [0.05, 0.1) is 0 Å². The molecule has 96 valence electrons. The van der Waals surface area contributed by atoms with Gasteiger partial charge in [-0.1, -0.05) is 11.8 Å². The molecular weight excluding hydrogens is 256 g/mol. The molecule has 2 heterocycles. The Morgan fingerprint density at radius 2 is 2.00 bits per heavy atom. The lowest BCUT2D eigenvalue weighted by atomic mass is 10.1. The third-order valence-corrected chi connectivity index (χ3v) is 2.98. The van der Waals surface area contributed by atoms with Gasteiger partial charge in [-0.05, 0) is 19.6 Å². The predicted octanol–water partition coefficient (Wildman–Crippen LogP) is 0.262. The van der Waals surface area contributed by atoms with Gasteiger partial charge in [-0.15, -0.1) is 10.2 Å². The van der Waals surface area contributed by atoms with Crippen LogP contribution in [0.4, 0.5) is 0 Å². The fourth-order valence-electron chi connectivity index (χ4n) is 1.58. The maximum atomic E-state index is 11.6. The van der Waals surface area contributed by atoms with Crippen molar-refractivity contribution in [3.8, 4) is 0 Å². The number of nitrogens with zero attached hydrogens (tertiary/aromatic N) is 2. The monoisotopic (exact) mass is 268 g/mol. The van der Waals surface area contributed by atoms with Crippen LogP contribution >= 0.6 is 11.8 Å². The molecule has 0 saturated carbocycles. The summed E-state index contributed by atoms with van der Waals surface area (Å²) in [5.74, 6) is 0.476. The zero-order chi connectivity index (χ0) is 13.1. The molecule has 2 aromatic heterocycles. The van der Waals surface area contributed by atoms with Crippen LogP contribution < -0.4 is 11.2 Å². The molecule has 0 unspecified atom stereocenters. The van der Waals surface area contributed by atoms with Crippen LogP contribution in [0.5, 0.6) is 0 Å². The van der Waals surface area contributed by atoms with E-state index in [1.165, 1.54) is 11.8 Å². The van der Waals surface area contributed by atoms with Crippen molar-refractivity contribution < 1.29 is 4.42 Å². The van der Waals surface area contributed by atoms with Crippen molar-refractivity contribution in [2.75, 3.05) is 6.26 Å². The molecule has 0 saturated heterocycles. The quantitative estimate of drug-likeness (QED) is 0.771. The van der Waals surface area contributed by atoms with Gasteiger partial charge in [-0.25, -0.2) is 4.79 Å². The van der Waals surface area contributed by atoms with Crippen LogP contribution in [-0.4, -0.2) is 26.4 Å². The average Bonchev–Trinajstić information content (AvgIpc) is 2.75. The number of aromatic nitrogens is 4. The lowest BCUT2D eigenvalue weighted by molar-refractivity contribution is 0.413. The van der Waals surface area contributed by atoms with E-state index in [9.17, 15) is 9.59 Å².